The van der Waals surface area contributed by atoms with Crippen molar-refractivity contribution in [3.05, 3.63) is 21.9 Å². The maximum atomic E-state index is 11.9. The third-order valence-electron chi connectivity index (χ3n) is 2.88. The molecule has 0 aliphatic carbocycles. The van der Waals surface area contributed by atoms with E-state index < -0.39 is 0 Å². The van der Waals surface area contributed by atoms with Gasteiger partial charge in [0, 0.05) is 17.3 Å². The maximum absolute atomic E-state index is 11.9. The van der Waals surface area contributed by atoms with Gasteiger partial charge in [0.25, 0.3) is 5.91 Å². The van der Waals surface area contributed by atoms with Crippen LogP contribution >= 0.6 is 22.9 Å². The zero-order valence-electron chi connectivity index (χ0n) is 10.5. The molecule has 0 fully saturated rings. The number of carbonyl (C=O) groups is 1. The number of hydrogen-bond acceptors (Lipinski definition) is 2. The van der Waals surface area contributed by atoms with E-state index in [1.54, 1.807) is 11.3 Å². The number of carbonyl (C=O) groups excluding carboxylic acids is 1. The van der Waals surface area contributed by atoms with Gasteiger partial charge in [0.15, 0.2) is 0 Å². The number of aryl methyl sites for hydroxylation is 1. The molecule has 0 saturated heterocycles. The van der Waals surface area contributed by atoms with Crippen LogP contribution in [0, 0.1) is 5.92 Å². The van der Waals surface area contributed by atoms with Crippen molar-refractivity contribution in [1.29, 1.82) is 0 Å². The van der Waals surface area contributed by atoms with Crippen molar-refractivity contribution in [2.24, 2.45) is 5.92 Å². The largest absolute Gasteiger partial charge is 0.351 e. The van der Waals surface area contributed by atoms with Crippen LogP contribution in [-0.4, -0.2) is 18.3 Å². The van der Waals surface area contributed by atoms with E-state index >= 15 is 0 Å². The molecule has 1 atom stereocenters. The van der Waals surface area contributed by atoms with Gasteiger partial charge in [-0.3, -0.25) is 4.79 Å². The van der Waals surface area contributed by atoms with Gasteiger partial charge in [-0.15, -0.1) is 22.9 Å². The van der Waals surface area contributed by atoms with E-state index in [2.05, 4.69) is 19.2 Å². The zero-order chi connectivity index (χ0) is 12.7. The van der Waals surface area contributed by atoms with E-state index in [1.165, 1.54) is 4.88 Å². The Morgan fingerprint density at radius 3 is 2.76 bits per heavy atom. The zero-order valence-corrected chi connectivity index (χ0v) is 12.0. The van der Waals surface area contributed by atoms with E-state index in [1.807, 2.05) is 12.1 Å². The normalized spacial score (nSPS) is 12.4. The van der Waals surface area contributed by atoms with Crippen molar-refractivity contribution in [2.75, 3.05) is 12.4 Å². The van der Waals surface area contributed by atoms with Crippen LogP contribution in [0.25, 0.3) is 0 Å². The van der Waals surface area contributed by atoms with Gasteiger partial charge in [-0.05, 0) is 30.9 Å². The molecule has 0 bridgehead atoms. The highest BCUT2D eigenvalue weighted by Crippen LogP contribution is 2.17. The minimum absolute atomic E-state index is 0.0442. The molecule has 2 nitrogen and oxygen atoms in total. The molecule has 1 heterocycles. The molecular formula is C13H20ClNOS. The van der Waals surface area contributed by atoms with E-state index in [0.29, 0.717) is 11.8 Å². The summed E-state index contributed by atoms with van der Waals surface area (Å²) in [7, 11) is 0. The van der Waals surface area contributed by atoms with Crippen molar-refractivity contribution < 1.29 is 4.79 Å². The molecule has 0 spiro atoms. The molecule has 0 aliphatic heterocycles. The van der Waals surface area contributed by atoms with Gasteiger partial charge in [0.1, 0.15) is 0 Å². The lowest BCUT2D eigenvalue weighted by molar-refractivity contribution is 0.0950. The summed E-state index contributed by atoms with van der Waals surface area (Å²) in [6, 6.07) is 3.93. The SMILES string of the molecule is CCc1ccc(C(=O)NCC(CC)CCCl)s1. The van der Waals surface area contributed by atoms with Crippen LogP contribution in [0.4, 0.5) is 0 Å². The third-order valence-corrected chi connectivity index (χ3v) is 4.33. The molecule has 1 N–H and O–H groups in total. The molecule has 0 radical (unpaired) electrons. The molecule has 96 valence electrons. The predicted molar refractivity (Wildman–Crippen MR) is 75.1 cm³/mol. The van der Waals surface area contributed by atoms with Gasteiger partial charge in [-0.25, -0.2) is 0 Å². The number of alkyl halides is 1. The predicted octanol–water partition coefficient (Wildman–Crippen LogP) is 3.70. The van der Waals surface area contributed by atoms with Gasteiger partial charge in [0.05, 0.1) is 4.88 Å². The summed E-state index contributed by atoms with van der Waals surface area (Å²) < 4.78 is 0. The molecule has 1 amide bonds. The molecule has 1 unspecified atom stereocenters. The molecule has 17 heavy (non-hydrogen) atoms. The average Bonchev–Trinajstić information content (AvgIpc) is 2.82. The second-order valence-electron chi connectivity index (χ2n) is 4.08. The summed E-state index contributed by atoms with van der Waals surface area (Å²) in [6.45, 7) is 4.95. The lowest BCUT2D eigenvalue weighted by atomic mass is 10.0. The van der Waals surface area contributed by atoms with Crippen LogP contribution in [0.3, 0.4) is 0 Å². The van der Waals surface area contributed by atoms with Crippen LogP contribution in [0.2, 0.25) is 0 Å². The number of rotatable bonds is 7. The quantitative estimate of drug-likeness (QED) is 0.754. The standard InChI is InChI=1S/C13H20ClNOS/c1-3-10(7-8-14)9-15-13(16)12-6-5-11(4-2)17-12/h5-6,10H,3-4,7-9H2,1-2H3,(H,15,16). The van der Waals surface area contributed by atoms with Crippen molar-refractivity contribution >= 4 is 28.8 Å². The molecule has 1 aromatic rings. The summed E-state index contributed by atoms with van der Waals surface area (Å²) >= 11 is 7.29. The lowest BCUT2D eigenvalue weighted by Crippen LogP contribution is -2.28. The highest BCUT2D eigenvalue weighted by atomic mass is 35.5. The van der Waals surface area contributed by atoms with Gasteiger partial charge in [0.2, 0.25) is 0 Å². The Bertz CT molecular complexity index is 351. The summed E-state index contributed by atoms with van der Waals surface area (Å²) in [4.78, 5) is 13.9. The second kappa shape index (κ2) is 7.72. The first kappa shape index (κ1) is 14.5. The average molecular weight is 274 g/mol. The number of hydrogen-bond donors (Lipinski definition) is 1. The third kappa shape index (κ3) is 4.68. The fourth-order valence-electron chi connectivity index (χ4n) is 1.62. The van der Waals surface area contributed by atoms with Crippen LogP contribution in [0.5, 0.6) is 0 Å². The van der Waals surface area contributed by atoms with Crippen LogP contribution < -0.4 is 5.32 Å². The number of thiophene rings is 1. The van der Waals surface area contributed by atoms with Crippen molar-refractivity contribution in [1.82, 2.24) is 5.32 Å². The van der Waals surface area contributed by atoms with E-state index in [-0.39, 0.29) is 5.91 Å². The Kier molecular flexibility index (Phi) is 6.60. The smallest absolute Gasteiger partial charge is 0.261 e. The van der Waals surface area contributed by atoms with Gasteiger partial charge in [-0.2, -0.15) is 0 Å². The first-order chi connectivity index (χ1) is 8.21. The topological polar surface area (TPSA) is 29.1 Å². The van der Waals surface area contributed by atoms with Crippen molar-refractivity contribution in [3.63, 3.8) is 0 Å². The Labute approximate surface area is 112 Å². The number of halogens is 1. The molecule has 1 aromatic heterocycles. The van der Waals surface area contributed by atoms with Crippen LogP contribution in [-0.2, 0) is 6.42 Å². The first-order valence-corrected chi connectivity index (χ1v) is 7.49. The number of amides is 1. The summed E-state index contributed by atoms with van der Waals surface area (Å²) in [5.41, 5.74) is 0. The fraction of sp³-hybridized carbons (Fsp3) is 0.615. The molecule has 0 aromatic carbocycles. The molecule has 0 aliphatic rings. The fourth-order valence-corrected chi connectivity index (χ4v) is 2.79. The minimum atomic E-state index is 0.0442. The Morgan fingerprint density at radius 2 is 2.24 bits per heavy atom. The van der Waals surface area contributed by atoms with Crippen LogP contribution in [0.15, 0.2) is 12.1 Å². The van der Waals surface area contributed by atoms with E-state index in [0.717, 1.165) is 30.7 Å². The molecule has 0 saturated carbocycles. The van der Waals surface area contributed by atoms with E-state index in [4.69, 9.17) is 11.6 Å². The van der Waals surface area contributed by atoms with Gasteiger partial charge in [-0.1, -0.05) is 20.3 Å². The second-order valence-corrected chi connectivity index (χ2v) is 5.63. The summed E-state index contributed by atoms with van der Waals surface area (Å²) in [5, 5.41) is 2.99. The monoisotopic (exact) mass is 273 g/mol. The first-order valence-electron chi connectivity index (χ1n) is 6.14. The highest BCUT2D eigenvalue weighted by Gasteiger charge is 2.11. The van der Waals surface area contributed by atoms with Gasteiger partial charge >= 0.3 is 0 Å². The molecular weight excluding hydrogens is 254 g/mol. The lowest BCUT2D eigenvalue weighted by Gasteiger charge is -2.13. The minimum Gasteiger partial charge on any atom is -0.351 e. The van der Waals surface area contributed by atoms with Crippen molar-refractivity contribution in [2.45, 2.75) is 33.1 Å². The Morgan fingerprint density at radius 1 is 1.47 bits per heavy atom. The maximum Gasteiger partial charge on any atom is 0.261 e. The summed E-state index contributed by atoms with van der Waals surface area (Å²) in [5.74, 6) is 1.19. The molecule has 4 heteroatoms. The number of nitrogens with one attached hydrogen (secondary N) is 1. The summed E-state index contributed by atoms with van der Waals surface area (Å²) in [6.07, 6.45) is 3.00. The molecule has 1 rings (SSSR count). The Balaban J connectivity index is 2.43. The Hall–Kier alpha value is -0.540. The van der Waals surface area contributed by atoms with Gasteiger partial charge < -0.3 is 5.32 Å². The van der Waals surface area contributed by atoms with Crippen molar-refractivity contribution in [3.8, 4) is 0 Å². The van der Waals surface area contributed by atoms with Crippen LogP contribution in [0.1, 0.15) is 41.2 Å². The van der Waals surface area contributed by atoms with E-state index in [9.17, 15) is 4.79 Å². The highest BCUT2D eigenvalue weighted by molar-refractivity contribution is 7.14.